The molecule has 0 aromatic heterocycles. The first-order chi connectivity index (χ1) is 6.27. The molecule has 76 valence electrons. The zero-order valence-corrected chi connectivity index (χ0v) is 7.68. The monoisotopic (exact) mass is 190 g/mol. The quantitative estimate of drug-likeness (QED) is 0.697. The fourth-order valence-corrected chi connectivity index (χ4v) is 2.57. The summed E-state index contributed by atoms with van der Waals surface area (Å²) < 4.78 is 24.4. The van der Waals surface area contributed by atoms with Gasteiger partial charge in [0, 0.05) is 12.6 Å². The molecule has 2 heterocycles. The third kappa shape index (κ3) is 1.99. The van der Waals surface area contributed by atoms with Gasteiger partial charge in [0.25, 0.3) is 6.43 Å². The summed E-state index contributed by atoms with van der Waals surface area (Å²) in [6.45, 7) is 2.73. The fraction of sp³-hybridized carbons (Fsp3) is 1.00. The van der Waals surface area contributed by atoms with Gasteiger partial charge in [-0.2, -0.15) is 0 Å². The minimum absolute atomic E-state index is 0.0388. The zero-order valence-electron chi connectivity index (χ0n) is 7.68. The molecule has 2 atom stereocenters. The first-order valence-corrected chi connectivity index (χ1v) is 5.00. The van der Waals surface area contributed by atoms with Gasteiger partial charge in [-0.1, -0.05) is 0 Å². The molecule has 1 N–H and O–H groups in total. The lowest BCUT2D eigenvalue weighted by atomic mass is 9.92. The Morgan fingerprint density at radius 2 is 2.23 bits per heavy atom. The van der Waals surface area contributed by atoms with Crippen LogP contribution in [-0.4, -0.2) is 43.5 Å². The van der Waals surface area contributed by atoms with Crippen LogP contribution in [0.3, 0.4) is 0 Å². The minimum atomic E-state index is -2.18. The highest BCUT2D eigenvalue weighted by Crippen LogP contribution is 2.26. The van der Waals surface area contributed by atoms with Gasteiger partial charge in [-0.3, -0.25) is 4.90 Å². The van der Waals surface area contributed by atoms with Gasteiger partial charge in [-0.25, -0.2) is 8.78 Å². The van der Waals surface area contributed by atoms with E-state index in [-0.39, 0.29) is 6.54 Å². The second-order valence-electron chi connectivity index (χ2n) is 4.01. The van der Waals surface area contributed by atoms with Crippen LogP contribution >= 0.6 is 0 Å². The van der Waals surface area contributed by atoms with Gasteiger partial charge in [0.05, 0.1) is 6.54 Å². The molecular formula is C9H16F2N2. The predicted molar refractivity (Wildman–Crippen MR) is 47.0 cm³/mol. The first-order valence-electron chi connectivity index (χ1n) is 5.00. The third-order valence-electron chi connectivity index (χ3n) is 3.17. The predicted octanol–water partition coefficient (Wildman–Crippen LogP) is 0.935. The van der Waals surface area contributed by atoms with Crippen LogP contribution in [0.5, 0.6) is 0 Å². The molecule has 2 fully saturated rings. The standard InChI is InChI=1S/C9H16F2N2/c10-9(11)6-13-3-1-2-7-4-12-5-8(7)13/h7-9,12H,1-6H2/t7-,8+/m1/s1. The molecule has 4 heteroatoms. The Morgan fingerprint density at radius 3 is 3.00 bits per heavy atom. The maximum atomic E-state index is 12.2. The van der Waals surface area contributed by atoms with E-state index in [0.29, 0.717) is 12.0 Å². The van der Waals surface area contributed by atoms with Crippen molar-refractivity contribution in [1.29, 1.82) is 0 Å². The number of nitrogens with zero attached hydrogens (tertiary/aromatic N) is 1. The van der Waals surface area contributed by atoms with Crippen LogP contribution in [0.4, 0.5) is 8.78 Å². The van der Waals surface area contributed by atoms with E-state index in [4.69, 9.17) is 0 Å². The normalized spacial score (nSPS) is 35.3. The number of likely N-dealkylation sites (tertiary alicyclic amines) is 1. The second kappa shape index (κ2) is 3.88. The van der Waals surface area contributed by atoms with Crippen molar-refractivity contribution in [2.75, 3.05) is 26.2 Å². The van der Waals surface area contributed by atoms with Crippen molar-refractivity contribution in [3.8, 4) is 0 Å². The van der Waals surface area contributed by atoms with E-state index in [0.717, 1.165) is 26.1 Å². The number of rotatable bonds is 2. The minimum Gasteiger partial charge on any atom is -0.315 e. The van der Waals surface area contributed by atoms with Crippen molar-refractivity contribution < 1.29 is 8.78 Å². The van der Waals surface area contributed by atoms with Gasteiger partial charge in [0.1, 0.15) is 0 Å². The van der Waals surface area contributed by atoms with E-state index in [1.54, 1.807) is 0 Å². The number of hydrogen-bond donors (Lipinski definition) is 1. The van der Waals surface area contributed by atoms with Gasteiger partial charge >= 0.3 is 0 Å². The van der Waals surface area contributed by atoms with Gasteiger partial charge < -0.3 is 5.32 Å². The molecule has 0 bridgehead atoms. The van der Waals surface area contributed by atoms with Crippen LogP contribution < -0.4 is 5.32 Å². The molecule has 2 aliphatic heterocycles. The van der Waals surface area contributed by atoms with Crippen LogP contribution in [0.25, 0.3) is 0 Å². The topological polar surface area (TPSA) is 15.3 Å². The summed E-state index contributed by atoms with van der Waals surface area (Å²) in [5.74, 6) is 0.618. The first kappa shape index (κ1) is 9.34. The lowest BCUT2D eigenvalue weighted by Crippen LogP contribution is -2.46. The number of halogens is 2. The summed E-state index contributed by atoms with van der Waals surface area (Å²) in [5.41, 5.74) is 0. The van der Waals surface area contributed by atoms with E-state index in [9.17, 15) is 8.78 Å². The maximum Gasteiger partial charge on any atom is 0.251 e. The SMILES string of the molecule is FC(F)CN1CCC[C@@H]2CNC[C@@H]21. The van der Waals surface area contributed by atoms with Crippen molar-refractivity contribution in [2.45, 2.75) is 25.3 Å². The second-order valence-corrected chi connectivity index (χ2v) is 4.01. The lowest BCUT2D eigenvalue weighted by Gasteiger charge is -2.36. The average Bonchev–Trinajstić information content (AvgIpc) is 2.51. The average molecular weight is 190 g/mol. The molecule has 2 nitrogen and oxygen atoms in total. The summed E-state index contributed by atoms with van der Waals surface area (Å²) in [7, 11) is 0. The van der Waals surface area contributed by atoms with Gasteiger partial charge in [0.15, 0.2) is 0 Å². The Bertz CT molecular complexity index is 175. The van der Waals surface area contributed by atoms with E-state index in [2.05, 4.69) is 5.32 Å². The molecule has 0 saturated carbocycles. The molecule has 2 rings (SSSR count). The molecular weight excluding hydrogens is 174 g/mol. The van der Waals surface area contributed by atoms with Crippen molar-refractivity contribution >= 4 is 0 Å². The number of alkyl halides is 2. The fourth-order valence-electron chi connectivity index (χ4n) is 2.57. The van der Waals surface area contributed by atoms with Crippen molar-refractivity contribution in [2.24, 2.45) is 5.92 Å². The van der Waals surface area contributed by atoms with Crippen LogP contribution in [0.2, 0.25) is 0 Å². The van der Waals surface area contributed by atoms with Crippen molar-refractivity contribution in [3.05, 3.63) is 0 Å². The molecule has 0 amide bonds. The third-order valence-corrected chi connectivity index (χ3v) is 3.17. The Morgan fingerprint density at radius 1 is 1.38 bits per heavy atom. The van der Waals surface area contributed by atoms with Crippen LogP contribution in [0, 0.1) is 5.92 Å². The number of nitrogens with one attached hydrogen (secondary N) is 1. The van der Waals surface area contributed by atoms with E-state index >= 15 is 0 Å². The summed E-state index contributed by atoms with van der Waals surface area (Å²) in [6, 6.07) is 0.378. The van der Waals surface area contributed by atoms with Gasteiger partial charge in [-0.15, -0.1) is 0 Å². The van der Waals surface area contributed by atoms with Crippen LogP contribution in [0.15, 0.2) is 0 Å². The van der Waals surface area contributed by atoms with Crippen molar-refractivity contribution in [1.82, 2.24) is 10.2 Å². The number of hydrogen-bond acceptors (Lipinski definition) is 2. The molecule has 2 saturated heterocycles. The molecule has 0 spiro atoms. The van der Waals surface area contributed by atoms with Crippen molar-refractivity contribution in [3.63, 3.8) is 0 Å². The molecule has 2 aliphatic rings. The highest BCUT2D eigenvalue weighted by Gasteiger charge is 2.35. The molecule has 0 aromatic carbocycles. The molecule has 13 heavy (non-hydrogen) atoms. The highest BCUT2D eigenvalue weighted by atomic mass is 19.3. The summed E-state index contributed by atoms with van der Waals surface area (Å²) >= 11 is 0. The van der Waals surface area contributed by atoms with Gasteiger partial charge in [0.2, 0.25) is 0 Å². The van der Waals surface area contributed by atoms with E-state index < -0.39 is 6.43 Å². The maximum absolute atomic E-state index is 12.2. The molecule has 0 aliphatic carbocycles. The lowest BCUT2D eigenvalue weighted by molar-refractivity contribution is 0.0410. The largest absolute Gasteiger partial charge is 0.315 e. The molecule has 0 aromatic rings. The Hall–Kier alpha value is -0.220. The smallest absolute Gasteiger partial charge is 0.251 e. The molecule has 0 radical (unpaired) electrons. The van der Waals surface area contributed by atoms with Crippen LogP contribution in [-0.2, 0) is 0 Å². The Balaban J connectivity index is 1.93. The summed E-state index contributed by atoms with van der Waals surface area (Å²) in [4.78, 5) is 1.96. The zero-order chi connectivity index (χ0) is 9.26. The Labute approximate surface area is 77.3 Å². The summed E-state index contributed by atoms with van der Waals surface area (Å²) in [6.07, 6.45) is 0.104. The summed E-state index contributed by atoms with van der Waals surface area (Å²) in [5, 5.41) is 3.28. The number of piperidine rings is 1. The molecule has 0 unspecified atom stereocenters. The van der Waals surface area contributed by atoms with Crippen LogP contribution in [0.1, 0.15) is 12.8 Å². The Kier molecular flexibility index (Phi) is 2.79. The van der Waals surface area contributed by atoms with Gasteiger partial charge in [-0.05, 0) is 31.8 Å². The highest BCUT2D eigenvalue weighted by molar-refractivity contribution is 4.91. The number of fused-ring (bicyclic) bond motifs is 1. The van der Waals surface area contributed by atoms with E-state index in [1.807, 2.05) is 4.90 Å². The van der Waals surface area contributed by atoms with E-state index in [1.165, 1.54) is 6.42 Å².